The molecule has 0 saturated heterocycles. The first-order valence-corrected chi connectivity index (χ1v) is 7.78. The third-order valence-corrected chi connectivity index (χ3v) is 4.04. The van der Waals surface area contributed by atoms with Gasteiger partial charge < -0.3 is 10.4 Å². The molecule has 21 heavy (non-hydrogen) atoms. The van der Waals surface area contributed by atoms with Crippen LogP contribution in [0.4, 0.5) is 0 Å². The van der Waals surface area contributed by atoms with Crippen LogP contribution in [0.2, 0.25) is 0 Å². The van der Waals surface area contributed by atoms with Crippen LogP contribution in [-0.4, -0.2) is 23.7 Å². The molecular formula is C16H16BrNO2S. The Bertz CT molecular complexity index is 619. The van der Waals surface area contributed by atoms with Crippen molar-refractivity contribution in [1.29, 1.82) is 0 Å². The summed E-state index contributed by atoms with van der Waals surface area (Å²) in [6.07, 6.45) is 0.585. The van der Waals surface area contributed by atoms with Gasteiger partial charge in [-0.15, -0.1) is 12.6 Å². The summed E-state index contributed by atoms with van der Waals surface area (Å²) >= 11 is 7.59. The van der Waals surface area contributed by atoms with Crippen LogP contribution < -0.4 is 5.32 Å². The Labute approximate surface area is 137 Å². The smallest absolute Gasteiger partial charge is 0.252 e. The van der Waals surface area contributed by atoms with Gasteiger partial charge >= 0.3 is 0 Å². The predicted molar refractivity (Wildman–Crippen MR) is 89.9 cm³/mol. The maximum absolute atomic E-state index is 12.3. The topological polar surface area (TPSA) is 49.3 Å². The third-order valence-electron chi connectivity index (χ3n) is 3.08. The number of benzene rings is 2. The molecule has 1 unspecified atom stereocenters. The molecule has 0 radical (unpaired) electrons. The molecule has 0 aliphatic rings. The number of hydrogen-bond donors (Lipinski definition) is 3. The zero-order valence-electron chi connectivity index (χ0n) is 11.3. The fraction of sp³-hybridized carbons (Fsp3) is 0.188. The van der Waals surface area contributed by atoms with Crippen LogP contribution in [0.1, 0.15) is 15.9 Å². The van der Waals surface area contributed by atoms with Gasteiger partial charge in [0.2, 0.25) is 0 Å². The fourth-order valence-electron chi connectivity index (χ4n) is 2.01. The summed E-state index contributed by atoms with van der Waals surface area (Å²) in [5.41, 5.74) is 1.58. The first kappa shape index (κ1) is 16.1. The Balaban J connectivity index is 2.07. The number of aliphatic hydroxyl groups excluding tert-OH is 1. The largest absolute Gasteiger partial charge is 0.394 e. The van der Waals surface area contributed by atoms with Gasteiger partial charge in [-0.2, -0.15) is 0 Å². The molecule has 0 aliphatic carbocycles. The molecule has 0 saturated carbocycles. The molecule has 1 amide bonds. The minimum absolute atomic E-state index is 0.112. The van der Waals surface area contributed by atoms with Crippen molar-refractivity contribution in [3.05, 3.63) is 64.1 Å². The monoisotopic (exact) mass is 365 g/mol. The lowest BCUT2D eigenvalue weighted by Gasteiger charge is -2.17. The van der Waals surface area contributed by atoms with Gasteiger partial charge in [-0.3, -0.25) is 4.79 Å². The molecule has 2 rings (SSSR count). The van der Waals surface area contributed by atoms with Crippen molar-refractivity contribution < 1.29 is 9.90 Å². The van der Waals surface area contributed by atoms with E-state index in [2.05, 4.69) is 33.9 Å². The lowest BCUT2D eigenvalue weighted by molar-refractivity contribution is 0.0915. The summed E-state index contributed by atoms with van der Waals surface area (Å²) < 4.78 is 0.703. The number of amides is 1. The minimum atomic E-state index is -0.324. The van der Waals surface area contributed by atoms with E-state index in [1.54, 1.807) is 18.2 Å². The Morgan fingerprint density at radius 2 is 1.95 bits per heavy atom. The Morgan fingerprint density at radius 1 is 1.24 bits per heavy atom. The molecule has 0 aliphatic heterocycles. The highest BCUT2D eigenvalue weighted by molar-refractivity contribution is 9.10. The second kappa shape index (κ2) is 7.64. The molecule has 0 fully saturated rings. The summed E-state index contributed by atoms with van der Waals surface area (Å²) in [6, 6.07) is 14.7. The average molecular weight is 366 g/mol. The molecule has 5 heteroatoms. The molecule has 1 atom stereocenters. The van der Waals surface area contributed by atoms with E-state index in [0.29, 0.717) is 21.4 Å². The minimum Gasteiger partial charge on any atom is -0.394 e. The van der Waals surface area contributed by atoms with Crippen molar-refractivity contribution in [2.24, 2.45) is 0 Å². The number of aliphatic hydroxyl groups is 1. The summed E-state index contributed by atoms with van der Waals surface area (Å²) in [5.74, 6) is -0.229. The standard InChI is InChI=1S/C16H16BrNO2S/c17-15-7-6-13(21)9-14(15)16(20)18-12(10-19)8-11-4-2-1-3-5-11/h1-7,9,12,19,21H,8,10H2,(H,18,20). The van der Waals surface area contributed by atoms with Crippen LogP contribution in [0.3, 0.4) is 0 Å². The van der Waals surface area contributed by atoms with Crippen LogP contribution in [0.15, 0.2) is 57.9 Å². The van der Waals surface area contributed by atoms with Gasteiger partial charge in [-0.05, 0) is 46.1 Å². The van der Waals surface area contributed by atoms with Crippen molar-refractivity contribution in [2.75, 3.05) is 6.61 Å². The Kier molecular flexibility index (Phi) is 5.85. The maximum Gasteiger partial charge on any atom is 0.252 e. The molecule has 3 nitrogen and oxygen atoms in total. The van der Waals surface area contributed by atoms with E-state index >= 15 is 0 Å². The molecule has 2 aromatic carbocycles. The highest BCUT2D eigenvalue weighted by atomic mass is 79.9. The van der Waals surface area contributed by atoms with Gasteiger partial charge in [0.1, 0.15) is 0 Å². The average Bonchev–Trinajstić information content (AvgIpc) is 2.50. The lowest BCUT2D eigenvalue weighted by atomic mass is 10.1. The van der Waals surface area contributed by atoms with Gasteiger partial charge in [0.05, 0.1) is 18.2 Å². The number of carbonyl (C=O) groups is 1. The van der Waals surface area contributed by atoms with Gasteiger partial charge in [0.25, 0.3) is 5.91 Å². The maximum atomic E-state index is 12.3. The molecule has 2 aromatic rings. The molecule has 0 bridgehead atoms. The summed E-state index contributed by atoms with van der Waals surface area (Å²) in [4.78, 5) is 13.0. The third kappa shape index (κ3) is 4.59. The fourth-order valence-corrected chi connectivity index (χ4v) is 2.64. The molecular weight excluding hydrogens is 350 g/mol. The predicted octanol–water partition coefficient (Wildman–Crippen LogP) is 3.07. The van der Waals surface area contributed by atoms with Crippen molar-refractivity contribution in [2.45, 2.75) is 17.4 Å². The quantitative estimate of drug-likeness (QED) is 0.713. The zero-order valence-corrected chi connectivity index (χ0v) is 13.8. The number of rotatable bonds is 5. The SMILES string of the molecule is O=C(NC(CO)Cc1ccccc1)c1cc(S)ccc1Br. The van der Waals surface area contributed by atoms with Crippen LogP contribution in [0.25, 0.3) is 0 Å². The van der Waals surface area contributed by atoms with Gasteiger partial charge in [0, 0.05) is 9.37 Å². The van der Waals surface area contributed by atoms with E-state index < -0.39 is 0 Å². The van der Waals surface area contributed by atoms with Gasteiger partial charge in [-0.1, -0.05) is 30.3 Å². The second-order valence-corrected chi connectivity index (χ2v) is 6.08. The summed E-state index contributed by atoms with van der Waals surface area (Å²) in [5, 5.41) is 12.3. The summed E-state index contributed by atoms with van der Waals surface area (Å²) in [6.45, 7) is -0.112. The van der Waals surface area contributed by atoms with Crippen molar-refractivity contribution in [3.63, 3.8) is 0 Å². The second-order valence-electron chi connectivity index (χ2n) is 4.71. The lowest BCUT2D eigenvalue weighted by Crippen LogP contribution is -2.39. The zero-order chi connectivity index (χ0) is 15.2. The van der Waals surface area contributed by atoms with Gasteiger partial charge in [0.15, 0.2) is 0 Å². The van der Waals surface area contributed by atoms with Crippen molar-refractivity contribution >= 4 is 34.5 Å². The number of thiol groups is 1. The van der Waals surface area contributed by atoms with Crippen LogP contribution in [0.5, 0.6) is 0 Å². The normalized spacial score (nSPS) is 12.0. The van der Waals surface area contributed by atoms with E-state index in [0.717, 1.165) is 5.56 Å². The first-order valence-electron chi connectivity index (χ1n) is 6.54. The molecule has 0 aromatic heterocycles. The van der Waals surface area contributed by atoms with Gasteiger partial charge in [-0.25, -0.2) is 0 Å². The van der Waals surface area contributed by atoms with E-state index in [1.165, 1.54) is 0 Å². The van der Waals surface area contributed by atoms with Crippen molar-refractivity contribution in [1.82, 2.24) is 5.32 Å². The number of carbonyl (C=O) groups excluding carboxylic acids is 1. The van der Waals surface area contributed by atoms with Crippen LogP contribution >= 0.6 is 28.6 Å². The Morgan fingerprint density at radius 3 is 2.62 bits per heavy atom. The summed E-state index contributed by atoms with van der Waals surface area (Å²) in [7, 11) is 0. The van der Waals surface area contributed by atoms with Crippen molar-refractivity contribution in [3.8, 4) is 0 Å². The molecule has 0 heterocycles. The molecule has 2 N–H and O–H groups in total. The highest BCUT2D eigenvalue weighted by Gasteiger charge is 2.16. The van der Waals surface area contributed by atoms with E-state index in [1.807, 2.05) is 30.3 Å². The molecule has 110 valence electrons. The van der Waals surface area contributed by atoms with E-state index in [9.17, 15) is 9.90 Å². The number of hydrogen-bond acceptors (Lipinski definition) is 3. The van der Waals surface area contributed by atoms with Crippen LogP contribution in [-0.2, 0) is 6.42 Å². The highest BCUT2D eigenvalue weighted by Crippen LogP contribution is 2.20. The number of halogens is 1. The Hall–Kier alpha value is -1.30. The first-order chi connectivity index (χ1) is 10.1. The van der Waals surface area contributed by atoms with Crippen LogP contribution in [0, 0.1) is 0 Å². The van der Waals surface area contributed by atoms with E-state index in [4.69, 9.17) is 0 Å². The number of nitrogens with one attached hydrogen (secondary N) is 1. The molecule has 0 spiro atoms. The van der Waals surface area contributed by atoms with E-state index in [-0.39, 0.29) is 18.6 Å².